The Balaban J connectivity index is 1.74. The fraction of sp³-hybridized carbons (Fsp3) is 0.615. The van der Waals surface area contributed by atoms with Crippen LogP contribution in [0.3, 0.4) is 0 Å². The van der Waals surface area contributed by atoms with Crippen molar-refractivity contribution in [2.24, 2.45) is 0 Å². The molecular weight excluding hydrogens is 262 g/mol. The van der Waals surface area contributed by atoms with Crippen LogP contribution >= 0.6 is 11.3 Å². The molecule has 19 heavy (non-hydrogen) atoms. The zero-order valence-corrected chi connectivity index (χ0v) is 12.4. The van der Waals surface area contributed by atoms with Crippen LogP contribution in [-0.4, -0.2) is 47.4 Å². The molecule has 0 N–H and O–H groups in total. The standard InChI is InChI=1S/C13H19N3O2S/c1-9-6-16-11(10(2)14-13(16)19-9)7-15(3)8-12-17-4-5-18-12/h6,12H,4-5,7-8H2,1-3H3. The third kappa shape index (κ3) is 2.67. The molecule has 1 aliphatic rings. The van der Waals surface area contributed by atoms with Crippen LogP contribution in [0, 0.1) is 13.8 Å². The second-order valence-electron chi connectivity index (χ2n) is 5.01. The van der Waals surface area contributed by atoms with E-state index in [1.54, 1.807) is 11.3 Å². The number of imidazole rings is 1. The van der Waals surface area contributed by atoms with Crippen molar-refractivity contribution in [1.29, 1.82) is 0 Å². The van der Waals surface area contributed by atoms with Crippen LogP contribution in [0.5, 0.6) is 0 Å². The minimum atomic E-state index is -0.0853. The number of ether oxygens (including phenoxy) is 2. The molecular formula is C13H19N3O2S. The maximum atomic E-state index is 5.48. The summed E-state index contributed by atoms with van der Waals surface area (Å²) in [6, 6.07) is 0. The van der Waals surface area contributed by atoms with E-state index in [4.69, 9.17) is 9.47 Å². The fourth-order valence-corrected chi connectivity index (χ4v) is 3.28. The van der Waals surface area contributed by atoms with Crippen molar-refractivity contribution in [2.45, 2.75) is 26.7 Å². The number of thiazole rings is 1. The molecule has 0 aliphatic carbocycles. The van der Waals surface area contributed by atoms with Crippen LogP contribution in [-0.2, 0) is 16.0 Å². The summed E-state index contributed by atoms with van der Waals surface area (Å²) in [6.07, 6.45) is 2.07. The second-order valence-corrected chi connectivity index (χ2v) is 6.22. The lowest BCUT2D eigenvalue weighted by atomic mass is 10.3. The molecule has 1 fully saturated rings. The number of aromatic nitrogens is 2. The lowest BCUT2D eigenvalue weighted by molar-refractivity contribution is -0.0594. The molecule has 0 unspecified atom stereocenters. The number of nitrogens with zero attached hydrogens (tertiary/aromatic N) is 3. The number of hydrogen-bond donors (Lipinski definition) is 0. The van der Waals surface area contributed by atoms with Gasteiger partial charge in [0.05, 0.1) is 24.6 Å². The Morgan fingerprint density at radius 1 is 1.42 bits per heavy atom. The first-order valence-electron chi connectivity index (χ1n) is 6.49. The van der Waals surface area contributed by atoms with Gasteiger partial charge >= 0.3 is 0 Å². The lowest BCUT2D eigenvalue weighted by Crippen LogP contribution is -2.30. The highest BCUT2D eigenvalue weighted by molar-refractivity contribution is 7.17. The summed E-state index contributed by atoms with van der Waals surface area (Å²) < 4.78 is 13.2. The first-order valence-corrected chi connectivity index (χ1v) is 7.31. The second kappa shape index (κ2) is 5.20. The summed E-state index contributed by atoms with van der Waals surface area (Å²) in [5.74, 6) is 0. The van der Waals surface area contributed by atoms with E-state index in [-0.39, 0.29) is 6.29 Å². The van der Waals surface area contributed by atoms with E-state index in [2.05, 4.69) is 41.4 Å². The molecule has 5 nitrogen and oxygen atoms in total. The van der Waals surface area contributed by atoms with Crippen molar-refractivity contribution in [1.82, 2.24) is 14.3 Å². The van der Waals surface area contributed by atoms with Crippen LogP contribution in [0.1, 0.15) is 16.3 Å². The molecule has 0 atom stereocenters. The van der Waals surface area contributed by atoms with Gasteiger partial charge in [0.15, 0.2) is 11.3 Å². The van der Waals surface area contributed by atoms with Gasteiger partial charge in [0.1, 0.15) is 0 Å². The van der Waals surface area contributed by atoms with E-state index >= 15 is 0 Å². The number of aryl methyl sites for hydroxylation is 2. The van der Waals surface area contributed by atoms with Gasteiger partial charge in [-0.25, -0.2) is 4.98 Å². The van der Waals surface area contributed by atoms with Crippen molar-refractivity contribution < 1.29 is 9.47 Å². The number of hydrogen-bond acceptors (Lipinski definition) is 5. The van der Waals surface area contributed by atoms with Crippen molar-refractivity contribution >= 4 is 16.3 Å². The van der Waals surface area contributed by atoms with E-state index in [1.165, 1.54) is 10.6 Å². The Bertz CT molecular complexity index is 572. The van der Waals surface area contributed by atoms with Gasteiger partial charge in [0.25, 0.3) is 0 Å². The van der Waals surface area contributed by atoms with Crippen LogP contribution in [0.25, 0.3) is 4.96 Å². The maximum Gasteiger partial charge on any atom is 0.194 e. The predicted octanol–water partition coefficient (Wildman–Crippen LogP) is 1.82. The minimum absolute atomic E-state index is 0.0853. The van der Waals surface area contributed by atoms with Crippen LogP contribution in [0.2, 0.25) is 0 Å². The summed E-state index contributed by atoms with van der Waals surface area (Å²) in [5, 5.41) is 0. The average molecular weight is 281 g/mol. The molecule has 0 aromatic carbocycles. The molecule has 6 heteroatoms. The van der Waals surface area contributed by atoms with E-state index in [0.717, 1.165) is 23.7 Å². The largest absolute Gasteiger partial charge is 0.349 e. The molecule has 1 saturated heterocycles. The number of fused-ring (bicyclic) bond motifs is 1. The molecule has 0 bridgehead atoms. The first-order chi connectivity index (χ1) is 9.13. The van der Waals surface area contributed by atoms with Crippen molar-refractivity contribution in [2.75, 3.05) is 26.8 Å². The summed E-state index contributed by atoms with van der Waals surface area (Å²) >= 11 is 1.73. The molecule has 2 aromatic heterocycles. The van der Waals surface area contributed by atoms with E-state index < -0.39 is 0 Å². The Morgan fingerprint density at radius 3 is 2.89 bits per heavy atom. The molecule has 3 heterocycles. The summed E-state index contributed by atoms with van der Waals surface area (Å²) in [6.45, 7) is 7.24. The molecule has 0 radical (unpaired) electrons. The Hall–Kier alpha value is -0.950. The number of likely N-dealkylation sites (N-methyl/N-ethyl adjacent to an activating group) is 1. The highest BCUT2D eigenvalue weighted by Crippen LogP contribution is 2.21. The summed E-state index contributed by atoms with van der Waals surface area (Å²) in [5.41, 5.74) is 2.35. The highest BCUT2D eigenvalue weighted by atomic mass is 32.1. The van der Waals surface area contributed by atoms with Gasteiger partial charge in [-0.2, -0.15) is 0 Å². The zero-order chi connectivity index (χ0) is 13.4. The molecule has 2 aromatic rings. The molecule has 0 amide bonds. The van der Waals surface area contributed by atoms with Crippen LogP contribution in [0.15, 0.2) is 6.20 Å². The molecule has 104 valence electrons. The Morgan fingerprint density at radius 2 is 2.16 bits per heavy atom. The highest BCUT2D eigenvalue weighted by Gasteiger charge is 2.19. The minimum Gasteiger partial charge on any atom is -0.349 e. The van der Waals surface area contributed by atoms with Gasteiger partial charge in [0, 0.05) is 24.2 Å². The van der Waals surface area contributed by atoms with Gasteiger partial charge < -0.3 is 9.47 Å². The SMILES string of the molecule is Cc1cn2c(CN(C)CC3OCCO3)c(C)nc2s1. The molecule has 1 aliphatic heterocycles. The first kappa shape index (κ1) is 13.1. The van der Waals surface area contributed by atoms with E-state index in [0.29, 0.717) is 13.2 Å². The summed E-state index contributed by atoms with van der Waals surface area (Å²) in [4.78, 5) is 9.19. The average Bonchev–Trinajstić information content (AvgIpc) is 3.00. The van der Waals surface area contributed by atoms with Gasteiger partial charge in [-0.05, 0) is 20.9 Å². The maximum absolute atomic E-state index is 5.48. The fourth-order valence-electron chi connectivity index (χ4n) is 2.39. The van der Waals surface area contributed by atoms with Gasteiger partial charge in [-0.3, -0.25) is 9.30 Å². The normalized spacial score (nSPS) is 17.1. The number of rotatable bonds is 4. The third-order valence-corrected chi connectivity index (χ3v) is 4.21. The van der Waals surface area contributed by atoms with Gasteiger partial charge in [-0.1, -0.05) is 0 Å². The Labute approximate surface area is 116 Å². The monoisotopic (exact) mass is 281 g/mol. The van der Waals surface area contributed by atoms with Crippen molar-refractivity contribution in [3.8, 4) is 0 Å². The van der Waals surface area contributed by atoms with Crippen LogP contribution < -0.4 is 0 Å². The lowest BCUT2D eigenvalue weighted by Gasteiger charge is -2.19. The van der Waals surface area contributed by atoms with E-state index in [9.17, 15) is 0 Å². The molecule has 0 saturated carbocycles. The van der Waals surface area contributed by atoms with E-state index in [1.807, 2.05) is 0 Å². The molecule has 3 rings (SSSR count). The third-order valence-electron chi connectivity index (χ3n) is 3.31. The van der Waals surface area contributed by atoms with Crippen molar-refractivity contribution in [3.63, 3.8) is 0 Å². The van der Waals surface area contributed by atoms with Crippen LogP contribution in [0.4, 0.5) is 0 Å². The smallest absolute Gasteiger partial charge is 0.194 e. The van der Waals surface area contributed by atoms with Gasteiger partial charge in [0.2, 0.25) is 0 Å². The topological polar surface area (TPSA) is 39.0 Å². The Kier molecular flexibility index (Phi) is 3.58. The molecule has 0 spiro atoms. The predicted molar refractivity (Wildman–Crippen MR) is 74.6 cm³/mol. The zero-order valence-electron chi connectivity index (χ0n) is 11.5. The summed E-state index contributed by atoms with van der Waals surface area (Å²) in [7, 11) is 2.09. The van der Waals surface area contributed by atoms with Gasteiger partial charge in [-0.15, -0.1) is 11.3 Å². The quantitative estimate of drug-likeness (QED) is 0.857. The van der Waals surface area contributed by atoms with Crippen molar-refractivity contribution in [3.05, 3.63) is 22.5 Å².